The highest BCUT2D eigenvalue weighted by molar-refractivity contribution is 6.39. The second kappa shape index (κ2) is 10.1. The van der Waals surface area contributed by atoms with Crippen LogP contribution in [0.4, 0.5) is 5.69 Å². The van der Waals surface area contributed by atoms with E-state index in [4.69, 9.17) is 4.74 Å². The molecular formula is C26H27N3O3. The van der Waals surface area contributed by atoms with Gasteiger partial charge in [0, 0.05) is 31.9 Å². The zero-order chi connectivity index (χ0) is 22.3. The molecule has 1 aliphatic heterocycles. The molecule has 1 fully saturated rings. The van der Waals surface area contributed by atoms with Crippen molar-refractivity contribution in [3.05, 3.63) is 96.1 Å². The summed E-state index contributed by atoms with van der Waals surface area (Å²) in [5.74, 6) is -0.431. The van der Waals surface area contributed by atoms with Crippen molar-refractivity contribution < 1.29 is 14.3 Å². The number of hydrogen-bond acceptors (Lipinski definition) is 4. The molecule has 1 saturated heterocycles. The Balaban J connectivity index is 1.40. The fourth-order valence-electron chi connectivity index (χ4n) is 4.07. The molecule has 6 nitrogen and oxygen atoms in total. The summed E-state index contributed by atoms with van der Waals surface area (Å²) in [5, 5.41) is 2.68. The number of nitrogens with zero attached hydrogens (tertiary/aromatic N) is 2. The van der Waals surface area contributed by atoms with E-state index >= 15 is 0 Å². The normalized spacial score (nSPS) is 14.2. The molecule has 0 radical (unpaired) electrons. The molecule has 2 amide bonds. The van der Waals surface area contributed by atoms with Crippen LogP contribution in [0.3, 0.4) is 0 Å². The smallest absolute Gasteiger partial charge is 0.313 e. The van der Waals surface area contributed by atoms with Crippen LogP contribution in [0.2, 0.25) is 0 Å². The minimum atomic E-state index is -0.619. The summed E-state index contributed by atoms with van der Waals surface area (Å²) >= 11 is 0. The van der Waals surface area contributed by atoms with Crippen molar-refractivity contribution in [3.8, 4) is 5.75 Å². The zero-order valence-corrected chi connectivity index (χ0v) is 18.1. The molecular weight excluding hydrogens is 402 g/mol. The first-order valence-electron chi connectivity index (χ1n) is 10.7. The molecule has 164 valence electrons. The van der Waals surface area contributed by atoms with Crippen molar-refractivity contribution in [2.45, 2.75) is 6.04 Å². The van der Waals surface area contributed by atoms with E-state index < -0.39 is 11.8 Å². The van der Waals surface area contributed by atoms with Crippen molar-refractivity contribution in [1.82, 2.24) is 9.80 Å². The number of carbonyl (C=O) groups excluding carboxylic acids is 2. The molecule has 1 aliphatic rings. The van der Waals surface area contributed by atoms with Crippen LogP contribution in [-0.4, -0.2) is 54.9 Å². The molecule has 0 aliphatic carbocycles. The van der Waals surface area contributed by atoms with Gasteiger partial charge in [0.05, 0.1) is 13.2 Å². The first-order valence-corrected chi connectivity index (χ1v) is 10.7. The lowest BCUT2D eigenvalue weighted by molar-refractivity contribution is -0.144. The van der Waals surface area contributed by atoms with Crippen molar-refractivity contribution in [2.24, 2.45) is 0 Å². The summed E-state index contributed by atoms with van der Waals surface area (Å²) in [6.07, 6.45) is 0. The van der Waals surface area contributed by atoms with Crippen molar-refractivity contribution in [2.75, 3.05) is 38.6 Å². The third-order valence-corrected chi connectivity index (χ3v) is 5.74. The lowest BCUT2D eigenvalue weighted by Crippen LogP contribution is -2.52. The van der Waals surface area contributed by atoms with Crippen LogP contribution in [-0.2, 0) is 9.59 Å². The SMILES string of the molecule is COc1ccc(NC(=O)C(=O)N2CCN(C(c3ccccc3)c3ccccc3)CC2)cc1. The first kappa shape index (κ1) is 21.6. The van der Waals surface area contributed by atoms with Gasteiger partial charge in [0.1, 0.15) is 5.75 Å². The second-order valence-corrected chi connectivity index (χ2v) is 7.73. The van der Waals surface area contributed by atoms with Gasteiger partial charge in [0.15, 0.2) is 0 Å². The lowest BCUT2D eigenvalue weighted by Gasteiger charge is -2.39. The largest absolute Gasteiger partial charge is 0.497 e. The molecule has 0 bridgehead atoms. The predicted molar refractivity (Wildman–Crippen MR) is 125 cm³/mol. The average molecular weight is 430 g/mol. The molecule has 3 aromatic rings. The summed E-state index contributed by atoms with van der Waals surface area (Å²) < 4.78 is 5.12. The van der Waals surface area contributed by atoms with Crippen LogP contribution < -0.4 is 10.1 Å². The number of nitrogens with one attached hydrogen (secondary N) is 1. The molecule has 1 N–H and O–H groups in total. The van der Waals surface area contributed by atoms with Crippen molar-refractivity contribution in [3.63, 3.8) is 0 Å². The number of benzene rings is 3. The Morgan fingerprint density at radius 1 is 0.781 bits per heavy atom. The number of piperazine rings is 1. The van der Waals surface area contributed by atoms with Gasteiger partial charge in [-0.05, 0) is 35.4 Å². The van der Waals surface area contributed by atoms with Gasteiger partial charge in [-0.3, -0.25) is 14.5 Å². The maximum Gasteiger partial charge on any atom is 0.313 e. The Labute approximate surface area is 188 Å². The Kier molecular flexibility index (Phi) is 6.82. The summed E-state index contributed by atoms with van der Waals surface area (Å²) in [6, 6.07) is 27.8. The highest BCUT2D eigenvalue weighted by Crippen LogP contribution is 2.29. The Hall–Kier alpha value is -3.64. The van der Waals surface area contributed by atoms with Gasteiger partial charge < -0.3 is 15.0 Å². The van der Waals surface area contributed by atoms with Crippen LogP contribution in [0.1, 0.15) is 17.2 Å². The number of carbonyl (C=O) groups is 2. The maximum atomic E-state index is 12.7. The van der Waals surface area contributed by atoms with E-state index in [0.717, 1.165) is 0 Å². The van der Waals surface area contributed by atoms with E-state index in [1.807, 2.05) is 12.1 Å². The van der Waals surface area contributed by atoms with Crippen LogP contribution in [0.25, 0.3) is 0 Å². The van der Waals surface area contributed by atoms with Gasteiger partial charge in [-0.25, -0.2) is 0 Å². The van der Waals surface area contributed by atoms with E-state index in [2.05, 4.69) is 58.7 Å². The number of anilines is 1. The van der Waals surface area contributed by atoms with Crippen LogP contribution in [0, 0.1) is 0 Å². The van der Waals surface area contributed by atoms with E-state index in [1.165, 1.54) is 11.1 Å². The molecule has 0 saturated carbocycles. The number of methoxy groups -OCH3 is 1. The van der Waals surface area contributed by atoms with E-state index in [9.17, 15) is 9.59 Å². The van der Waals surface area contributed by atoms with Crippen LogP contribution in [0.15, 0.2) is 84.9 Å². The monoisotopic (exact) mass is 429 g/mol. The standard InChI is InChI=1S/C26H27N3O3/c1-32-23-14-12-22(13-15-23)27-25(30)26(31)29-18-16-28(17-19-29)24(20-8-4-2-5-9-20)21-10-6-3-7-11-21/h2-15,24H,16-19H2,1H3,(H,27,30). The molecule has 1 heterocycles. The van der Waals surface area contributed by atoms with Gasteiger partial charge in [-0.15, -0.1) is 0 Å². The second-order valence-electron chi connectivity index (χ2n) is 7.73. The lowest BCUT2D eigenvalue weighted by atomic mass is 9.96. The van der Waals surface area contributed by atoms with Gasteiger partial charge in [0.25, 0.3) is 0 Å². The van der Waals surface area contributed by atoms with Gasteiger partial charge in [0.2, 0.25) is 0 Å². The highest BCUT2D eigenvalue weighted by Gasteiger charge is 2.30. The zero-order valence-electron chi connectivity index (χ0n) is 18.1. The van der Waals surface area contributed by atoms with Gasteiger partial charge in [-0.2, -0.15) is 0 Å². The number of ether oxygens (including phenoxy) is 1. The highest BCUT2D eigenvalue weighted by atomic mass is 16.5. The first-order chi connectivity index (χ1) is 15.7. The quantitative estimate of drug-likeness (QED) is 0.630. The predicted octanol–water partition coefficient (Wildman–Crippen LogP) is 3.57. The molecule has 32 heavy (non-hydrogen) atoms. The van der Waals surface area contributed by atoms with E-state index in [0.29, 0.717) is 37.6 Å². The molecule has 3 aromatic carbocycles. The molecule has 0 atom stereocenters. The summed E-state index contributed by atoms with van der Waals surface area (Å²) in [5.41, 5.74) is 3.00. The Morgan fingerprint density at radius 3 is 1.81 bits per heavy atom. The van der Waals surface area contributed by atoms with Crippen LogP contribution in [0.5, 0.6) is 5.75 Å². The van der Waals surface area contributed by atoms with Gasteiger partial charge >= 0.3 is 11.8 Å². The average Bonchev–Trinajstić information content (AvgIpc) is 2.86. The minimum absolute atomic E-state index is 0.114. The Bertz CT molecular complexity index is 991. The van der Waals surface area contributed by atoms with Crippen LogP contribution >= 0.6 is 0 Å². The third kappa shape index (κ3) is 4.98. The summed E-state index contributed by atoms with van der Waals surface area (Å²) in [7, 11) is 1.58. The number of hydrogen-bond donors (Lipinski definition) is 1. The van der Waals surface area contributed by atoms with E-state index in [1.54, 1.807) is 36.3 Å². The maximum absolute atomic E-state index is 12.7. The molecule has 4 rings (SSSR count). The molecule has 6 heteroatoms. The fraction of sp³-hybridized carbons (Fsp3) is 0.231. The molecule has 0 unspecified atom stereocenters. The fourth-order valence-corrected chi connectivity index (χ4v) is 4.07. The summed E-state index contributed by atoms with van der Waals surface area (Å²) in [6.45, 7) is 2.39. The molecule has 0 spiro atoms. The Morgan fingerprint density at radius 2 is 1.31 bits per heavy atom. The third-order valence-electron chi connectivity index (χ3n) is 5.74. The number of rotatable bonds is 5. The topological polar surface area (TPSA) is 61.9 Å². The molecule has 0 aromatic heterocycles. The van der Waals surface area contributed by atoms with Gasteiger partial charge in [-0.1, -0.05) is 60.7 Å². The number of amides is 2. The minimum Gasteiger partial charge on any atom is -0.497 e. The van der Waals surface area contributed by atoms with Crippen molar-refractivity contribution in [1.29, 1.82) is 0 Å². The van der Waals surface area contributed by atoms with Crippen molar-refractivity contribution >= 4 is 17.5 Å². The summed E-state index contributed by atoms with van der Waals surface area (Å²) in [4.78, 5) is 29.2. The van der Waals surface area contributed by atoms with E-state index in [-0.39, 0.29) is 6.04 Å².